The second kappa shape index (κ2) is 22.6. The number of aryl methyl sites for hydroxylation is 1. The molecule has 5 aliphatic carbocycles. The Balaban J connectivity index is 0.727. The van der Waals surface area contributed by atoms with Crippen molar-refractivity contribution in [1.82, 2.24) is 25.8 Å². The van der Waals surface area contributed by atoms with Crippen LogP contribution in [0, 0.1) is 62.6 Å². The monoisotopic (exact) mass is 1060 g/mol. The Labute approximate surface area is 453 Å². The number of hydrogen-bond acceptors (Lipinski definition) is 10. The van der Waals surface area contributed by atoms with Crippen molar-refractivity contribution in [2.24, 2.45) is 55.7 Å². The standard InChI is InChI=1S/C61H93N5O8S/c1-40-50(75-39-64-40)42-16-14-41(15-17-42)38-63-52(69)45-13-12-30-66(45)53(70)51(55(2,3)4)65-49(68)22-31-72-33-35-74-36-34-73-32-29-62-54(71)61-27-25-56(5,6)37-44(61)43-18-19-47-58(9)23-21-48(67)57(7,8)46(58)20-24-60(47,11)59(43,10)26-28-61/h14-18,39,44-48,51,67H,12-13,19-38H2,1-11H3,(H,62,71)(H,63,69)(H,65,68)/t44-,45-,46-,47+,48-,51+,58-,59+,60+,61-/m0/s1. The number of rotatable bonds is 19. The SMILES string of the molecule is Cc1ncsc1-c1ccc(CNC(=O)[C@@H]2CCCN2C(=O)[C@@H](NC(=O)CCOCCOCCOCCNC(=O)[C@]23CCC(C)(C)C[C@H]2C2=CC[C@@H]4[C@@]5(C)CC[C@H](O)C(C)(C)[C@@H]5CC[C@@]4(C)[C@]2(C)CC3)C(C)(C)C)cc1. The van der Waals surface area contributed by atoms with Crippen molar-refractivity contribution in [1.29, 1.82) is 0 Å². The summed E-state index contributed by atoms with van der Waals surface area (Å²) in [5, 5.41) is 20.5. The third kappa shape index (κ3) is 11.4. The van der Waals surface area contributed by atoms with E-state index >= 15 is 0 Å². The molecule has 416 valence electrons. The zero-order valence-electron chi connectivity index (χ0n) is 47.6. The van der Waals surface area contributed by atoms with E-state index in [0.29, 0.717) is 77.3 Å². The van der Waals surface area contributed by atoms with Gasteiger partial charge in [0.25, 0.3) is 0 Å². The third-order valence-electron chi connectivity index (χ3n) is 20.5. The second-order valence-electron chi connectivity index (χ2n) is 26.8. The molecular formula is C61H93N5O8S. The number of thiazole rings is 1. The molecule has 2 heterocycles. The van der Waals surface area contributed by atoms with Gasteiger partial charge in [-0.1, -0.05) is 105 Å². The fourth-order valence-electron chi connectivity index (χ4n) is 15.8. The van der Waals surface area contributed by atoms with E-state index in [1.165, 1.54) is 12.8 Å². The summed E-state index contributed by atoms with van der Waals surface area (Å²) < 4.78 is 17.4. The maximum atomic E-state index is 14.5. The van der Waals surface area contributed by atoms with Crippen molar-refractivity contribution in [3.63, 3.8) is 0 Å². The van der Waals surface area contributed by atoms with Gasteiger partial charge in [-0.25, -0.2) is 4.98 Å². The van der Waals surface area contributed by atoms with E-state index in [4.69, 9.17) is 14.2 Å². The highest BCUT2D eigenvalue weighted by atomic mass is 32.1. The predicted molar refractivity (Wildman–Crippen MR) is 295 cm³/mol. The number of amides is 4. The Morgan fingerprint density at radius 1 is 0.827 bits per heavy atom. The van der Waals surface area contributed by atoms with E-state index in [9.17, 15) is 24.3 Å². The first-order chi connectivity index (χ1) is 35.4. The molecule has 0 unspecified atom stereocenters. The number of aliphatic hydroxyl groups excluding tert-OH is 1. The van der Waals surface area contributed by atoms with Crippen LogP contribution in [0.5, 0.6) is 0 Å². The van der Waals surface area contributed by atoms with E-state index in [1.54, 1.807) is 21.8 Å². The Kier molecular flexibility index (Phi) is 17.3. The molecule has 0 radical (unpaired) electrons. The number of allylic oxidation sites excluding steroid dienone is 2. The number of fused-ring (bicyclic) bond motifs is 7. The van der Waals surface area contributed by atoms with Crippen LogP contribution in [0.15, 0.2) is 41.4 Å². The normalized spacial score (nSPS) is 32.2. The lowest BCUT2D eigenvalue weighted by atomic mass is 9.33. The molecule has 1 saturated heterocycles. The second-order valence-corrected chi connectivity index (χ2v) is 27.7. The number of ether oxygens (including phenoxy) is 3. The quantitative estimate of drug-likeness (QED) is 0.0791. The van der Waals surface area contributed by atoms with Crippen LogP contribution in [0.25, 0.3) is 10.4 Å². The van der Waals surface area contributed by atoms with Crippen molar-refractivity contribution in [2.75, 3.05) is 52.7 Å². The molecule has 0 bridgehead atoms. The Morgan fingerprint density at radius 2 is 1.51 bits per heavy atom. The maximum absolute atomic E-state index is 14.5. The minimum Gasteiger partial charge on any atom is -0.393 e. The molecule has 6 aliphatic rings. The van der Waals surface area contributed by atoms with Gasteiger partial charge >= 0.3 is 0 Å². The summed E-state index contributed by atoms with van der Waals surface area (Å²) >= 11 is 1.60. The van der Waals surface area contributed by atoms with Crippen LogP contribution in [0.4, 0.5) is 0 Å². The Bertz CT molecular complexity index is 2390. The predicted octanol–water partition coefficient (Wildman–Crippen LogP) is 9.98. The number of carbonyl (C=O) groups is 4. The van der Waals surface area contributed by atoms with Gasteiger partial charge in [0.05, 0.1) is 67.2 Å². The number of hydrogen-bond donors (Lipinski definition) is 4. The summed E-state index contributed by atoms with van der Waals surface area (Å²) in [6.07, 6.45) is 14.2. The Hall–Kier alpha value is -3.69. The van der Waals surface area contributed by atoms with E-state index in [2.05, 4.69) is 75.5 Å². The first-order valence-corrected chi connectivity index (χ1v) is 29.5. The molecule has 4 amide bonds. The minimum absolute atomic E-state index is 0.0473. The number of carbonyl (C=O) groups excluding carboxylic acids is 4. The molecule has 13 nitrogen and oxygen atoms in total. The van der Waals surface area contributed by atoms with Gasteiger partial charge in [-0.05, 0) is 145 Å². The average molecular weight is 1060 g/mol. The van der Waals surface area contributed by atoms with Gasteiger partial charge in [0.2, 0.25) is 23.6 Å². The van der Waals surface area contributed by atoms with Crippen LogP contribution in [-0.4, -0.2) is 110 Å². The van der Waals surface area contributed by atoms with Crippen molar-refractivity contribution >= 4 is 35.0 Å². The van der Waals surface area contributed by atoms with Crippen LogP contribution < -0.4 is 16.0 Å². The molecule has 1 aliphatic heterocycles. The highest BCUT2D eigenvalue weighted by molar-refractivity contribution is 7.13. The summed E-state index contributed by atoms with van der Waals surface area (Å²) in [5.74, 6) is 0.782. The van der Waals surface area contributed by atoms with Gasteiger partial charge in [0, 0.05) is 26.1 Å². The van der Waals surface area contributed by atoms with Crippen molar-refractivity contribution in [2.45, 2.75) is 184 Å². The fraction of sp³-hybridized carbons (Fsp3) is 0.754. The summed E-state index contributed by atoms with van der Waals surface area (Å²) in [6.45, 7) is 28.2. The molecule has 14 heteroatoms. The van der Waals surface area contributed by atoms with Crippen LogP contribution >= 0.6 is 11.3 Å². The van der Waals surface area contributed by atoms with Gasteiger partial charge in [0.1, 0.15) is 12.1 Å². The van der Waals surface area contributed by atoms with Crippen molar-refractivity contribution in [3.8, 4) is 10.4 Å². The van der Waals surface area contributed by atoms with E-state index in [0.717, 1.165) is 73.1 Å². The zero-order chi connectivity index (χ0) is 54.2. The molecule has 2 aromatic rings. The average Bonchev–Trinajstić information content (AvgIpc) is 4.03. The molecule has 1 aromatic carbocycles. The van der Waals surface area contributed by atoms with E-state index in [-0.39, 0.29) is 75.8 Å². The molecule has 4 N–H and O–H groups in total. The first kappa shape index (κ1) is 57.5. The molecule has 5 fully saturated rings. The van der Waals surface area contributed by atoms with Gasteiger partial charge < -0.3 is 40.2 Å². The number of likely N-dealkylation sites (tertiary alicyclic amines) is 1. The number of nitrogens with zero attached hydrogens (tertiary/aromatic N) is 2. The third-order valence-corrected chi connectivity index (χ3v) is 21.5. The van der Waals surface area contributed by atoms with Crippen molar-refractivity contribution in [3.05, 3.63) is 52.7 Å². The van der Waals surface area contributed by atoms with Gasteiger partial charge in [-0.15, -0.1) is 11.3 Å². The van der Waals surface area contributed by atoms with Crippen LogP contribution in [0.2, 0.25) is 0 Å². The minimum atomic E-state index is -0.805. The van der Waals surface area contributed by atoms with Gasteiger partial charge in [0.15, 0.2) is 0 Å². The molecule has 0 spiro atoms. The van der Waals surface area contributed by atoms with Gasteiger partial charge in [-0.3, -0.25) is 19.2 Å². The van der Waals surface area contributed by atoms with E-state index in [1.807, 2.05) is 57.5 Å². The summed E-state index contributed by atoms with van der Waals surface area (Å²) in [7, 11) is 0. The lowest BCUT2D eigenvalue weighted by molar-refractivity contribution is -0.203. The molecule has 10 atom stereocenters. The van der Waals surface area contributed by atoms with Crippen LogP contribution in [0.3, 0.4) is 0 Å². The number of aromatic nitrogens is 1. The lowest BCUT2D eigenvalue weighted by Gasteiger charge is -2.71. The largest absolute Gasteiger partial charge is 0.393 e. The smallest absolute Gasteiger partial charge is 0.246 e. The highest BCUT2D eigenvalue weighted by Gasteiger charge is 2.69. The molecule has 1 aromatic heterocycles. The first-order valence-electron chi connectivity index (χ1n) is 28.7. The number of nitrogens with one attached hydrogen (secondary N) is 3. The summed E-state index contributed by atoms with van der Waals surface area (Å²) in [6, 6.07) is 6.68. The highest BCUT2D eigenvalue weighted by Crippen LogP contribution is 2.75. The zero-order valence-corrected chi connectivity index (χ0v) is 48.4. The van der Waals surface area contributed by atoms with E-state index < -0.39 is 22.9 Å². The summed E-state index contributed by atoms with van der Waals surface area (Å²) in [5.41, 5.74) is 5.98. The fourth-order valence-corrected chi connectivity index (χ4v) is 16.6. The van der Waals surface area contributed by atoms with Crippen LogP contribution in [0.1, 0.15) is 164 Å². The topological polar surface area (TPSA) is 168 Å². The van der Waals surface area contributed by atoms with Crippen molar-refractivity contribution < 1.29 is 38.5 Å². The molecular weight excluding hydrogens is 963 g/mol. The Morgan fingerprint density at radius 3 is 2.19 bits per heavy atom. The lowest BCUT2D eigenvalue weighted by Crippen LogP contribution is -2.65. The number of aliphatic hydroxyl groups is 1. The molecule has 8 rings (SSSR count). The molecule has 75 heavy (non-hydrogen) atoms. The number of benzene rings is 1. The van der Waals surface area contributed by atoms with Crippen LogP contribution in [-0.2, 0) is 39.9 Å². The summed E-state index contributed by atoms with van der Waals surface area (Å²) in [4.78, 5) is 62.3. The van der Waals surface area contributed by atoms with Gasteiger partial charge in [-0.2, -0.15) is 0 Å². The molecule has 4 saturated carbocycles. The maximum Gasteiger partial charge on any atom is 0.246 e.